The minimum Gasteiger partial charge on any atom is -0.463 e. The van der Waals surface area contributed by atoms with Gasteiger partial charge in [-0.25, -0.2) is 9.79 Å². The molecular formula is C25H19ClI2N2O5S. The number of ether oxygens (including phenoxy) is 2. The molecule has 0 spiro atoms. The fraction of sp³-hybridized carbons (Fsp3) is 0.200. The SMILES string of the molecule is CCOC(=O)C1=C(C)N=c2s/c(=C\c3cc(I)cc(I)c3OC(C)=O)c(=O)n2[C@H]1c1ccccc1Cl. The molecule has 0 unspecified atom stereocenters. The molecule has 36 heavy (non-hydrogen) atoms. The summed E-state index contributed by atoms with van der Waals surface area (Å²) in [6.45, 7) is 4.94. The van der Waals surface area contributed by atoms with E-state index in [0.717, 1.165) is 7.14 Å². The molecule has 0 fully saturated rings. The number of fused-ring (bicyclic) bond motifs is 1. The van der Waals surface area contributed by atoms with Crippen LogP contribution in [0, 0.1) is 7.14 Å². The molecule has 4 rings (SSSR count). The number of esters is 2. The molecule has 0 saturated heterocycles. The summed E-state index contributed by atoms with van der Waals surface area (Å²) >= 11 is 12.0. The van der Waals surface area contributed by atoms with Crippen LogP contribution in [0.25, 0.3) is 6.08 Å². The number of hydrogen-bond donors (Lipinski definition) is 0. The molecule has 1 atom stereocenters. The van der Waals surface area contributed by atoms with Gasteiger partial charge < -0.3 is 9.47 Å². The Hall–Kier alpha value is -2.03. The van der Waals surface area contributed by atoms with Crippen LogP contribution >= 0.6 is 68.1 Å². The van der Waals surface area contributed by atoms with Crippen molar-refractivity contribution in [2.45, 2.75) is 26.8 Å². The smallest absolute Gasteiger partial charge is 0.338 e. The van der Waals surface area contributed by atoms with Gasteiger partial charge in [-0.05, 0) is 88.9 Å². The second-order valence-electron chi connectivity index (χ2n) is 7.72. The highest BCUT2D eigenvalue weighted by Gasteiger charge is 2.34. The van der Waals surface area contributed by atoms with Crippen molar-refractivity contribution in [1.82, 2.24) is 4.57 Å². The first-order valence-corrected chi connectivity index (χ1v) is 14.1. The minimum absolute atomic E-state index is 0.180. The van der Waals surface area contributed by atoms with E-state index in [1.807, 2.05) is 12.1 Å². The summed E-state index contributed by atoms with van der Waals surface area (Å²) < 4.78 is 14.3. The Morgan fingerprint density at radius 2 is 1.97 bits per heavy atom. The van der Waals surface area contributed by atoms with E-state index in [4.69, 9.17) is 21.1 Å². The number of thiazole rings is 1. The van der Waals surface area contributed by atoms with Crippen LogP contribution in [0.5, 0.6) is 5.75 Å². The van der Waals surface area contributed by atoms with Crippen molar-refractivity contribution in [2.75, 3.05) is 6.61 Å². The summed E-state index contributed by atoms with van der Waals surface area (Å²) in [6.07, 6.45) is 1.68. The molecule has 0 N–H and O–H groups in total. The van der Waals surface area contributed by atoms with Gasteiger partial charge in [-0.15, -0.1) is 0 Å². The Morgan fingerprint density at radius 1 is 1.25 bits per heavy atom. The van der Waals surface area contributed by atoms with Crippen LogP contribution in [0.3, 0.4) is 0 Å². The van der Waals surface area contributed by atoms with Crippen LogP contribution in [0.1, 0.15) is 37.9 Å². The van der Waals surface area contributed by atoms with Gasteiger partial charge in [0.25, 0.3) is 5.56 Å². The van der Waals surface area contributed by atoms with Crippen molar-refractivity contribution >= 4 is 86.1 Å². The van der Waals surface area contributed by atoms with E-state index in [9.17, 15) is 14.4 Å². The Kier molecular flexibility index (Phi) is 8.37. The molecule has 11 heteroatoms. The molecule has 2 heterocycles. The van der Waals surface area contributed by atoms with E-state index >= 15 is 0 Å². The van der Waals surface area contributed by atoms with Crippen molar-refractivity contribution < 1.29 is 19.1 Å². The molecule has 0 saturated carbocycles. The summed E-state index contributed by atoms with van der Waals surface area (Å²) in [5, 5.41) is 0.415. The van der Waals surface area contributed by atoms with Crippen molar-refractivity contribution in [2.24, 2.45) is 4.99 Å². The molecule has 0 bridgehead atoms. The lowest BCUT2D eigenvalue weighted by molar-refractivity contribution is -0.139. The zero-order valence-electron chi connectivity index (χ0n) is 19.3. The van der Waals surface area contributed by atoms with E-state index in [1.54, 1.807) is 44.2 Å². The topological polar surface area (TPSA) is 87.0 Å². The molecule has 1 aromatic heterocycles. The van der Waals surface area contributed by atoms with E-state index in [0.29, 0.717) is 36.9 Å². The van der Waals surface area contributed by atoms with Crippen LogP contribution in [0.2, 0.25) is 5.02 Å². The van der Waals surface area contributed by atoms with Gasteiger partial charge in [0, 0.05) is 21.1 Å². The molecule has 1 aliphatic rings. The first-order valence-electron chi connectivity index (χ1n) is 10.7. The lowest BCUT2D eigenvalue weighted by Gasteiger charge is -2.25. The number of carbonyl (C=O) groups is 2. The van der Waals surface area contributed by atoms with Crippen LogP contribution in [-0.4, -0.2) is 23.1 Å². The molecule has 0 radical (unpaired) electrons. The van der Waals surface area contributed by atoms with Crippen LogP contribution in [0.15, 0.2) is 57.5 Å². The van der Waals surface area contributed by atoms with Crippen LogP contribution in [-0.2, 0) is 14.3 Å². The zero-order valence-corrected chi connectivity index (χ0v) is 25.2. The standard InChI is InChI=1S/C25H19ClI2N2O5S/c1-4-34-24(33)20-12(2)29-25-30(21(20)16-7-5-6-8-17(16)26)23(32)19(36-25)10-14-9-15(27)11-18(28)22(14)35-13(3)31/h5-11,21H,4H2,1-3H3/b19-10-/t21-/m0/s1. The summed E-state index contributed by atoms with van der Waals surface area (Å²) in [6, 6.07) is 9.98. The van der Waals surface area contributed by atoms with Crippen LogP contribution in [0.4, 0.5) is 0 Å². The average molecular weight is 749 g/mol. The first-order chi connectivity index (χ1) is 17.1. The molecular weight excluding hydrogens is 730 g/mol. The molecule has 0 amide bonds. The van der Waals surface area contributed by atoms with Crippen molar-refractivity contribution in [3.63, 3.8) is 0 Å². The highest BCUT2D eigenvalue weighted by Crippen LogP contribution is 2.34. The zero-order chi connectivity index (χ0) is 26.1. The second-order valence-corrected chi connectivity index (χ2v) is 11.5. The quantitative estimate of drug-likeness (QED) is 0.217. The van der Waals surface area contributed by atoms with E-state index < -0.39 is 18.0 Å². The number of aromatic nitrogens is 1. The predicted octanol–water partition coefficient (Wildman–Crippen LogP) is 4.59. The number of benzene rings is 2. The van der Waals surface area contributed by atoms with Crippen LogP contribution < -0.4 is 19.6 Å². The third-order valence-corrected chi connectivity index (χ3v) is 8.04. The van der Waals surface area contributed by atoms with Gasteiger partial charge in [-0.1, -0.05) is 41.1 Å². The average Bonchev–Trinajstić information content (AvgIpc) is 3.10. The summed E-state index contributed by atoms with van der Waals surface area (Å²) in [5.41, 5.74) is 1.54. The Balaban J connectivity index is 2.00. The normalized spacial score (nSPS) is 15.4. The van der Waals surface area contributed by atoms with Crippen molar-refractivity contribution in [3.05, 3.63) is 90.6 Å². The lowest BCUT2D eigenvalue weighted by atomic mass is 9.96. The monoisotopic (exact) mass is 748 g/mol. The Morgan fingerprint density at radius 3 is 2.64 bits per heavy atom. The maximum atomic E-state index is 13.8. The molecule has 1 aliphatic heterocycles. The number of rotatable bonds is 5. The molecule has 0 aliphatic carbocycles. The minimum atomic E-state index is -0.805. The third-order valence-electron chi connectivity index (χ3n) is 5.29. The highest BCUT2D eigenvalue weighted by molar-refractivity contribution is 14.1. The molecule has 7 nitrogen and oxygen atoms in total. The summed E-state index contributed by atoms with van der Waals surface area (Å²) in [4.78, 5) is 43.5. The number of allylic oxidation sites excluding steroid dienone is 1. The van der Waals surface area contributed by atoms with E-state index in [2.05, 4.69) is 50.2 Å². The van der Waals surface area contributed by atoms with Gasteiger partial charge in [0.15, 0.2) is 10.6 Å². The number of nitrogens with zero attached hydrogens (tertiary/aromatic N) is 2. The molecule has 2 aromatic carbocycles. The highest BCUT2D eigenvalue weighted by atomic mass is 127. The molecule has 186 valence electrons. The second kappa shape index (κ2) is 11.2. The van der Waals surface area contributed by atoms with Gasteiger partial charge in [0.2, 0.25) is 0 Å². The summed E-state index contributed by atoms with van der Waals surface area (Å²) in [7, 11) is 0. The van der Waals surface area contributed by atoms with Crippen molar-refractivity contribution in [3.8, 4) is 5.75 Å². The van der Waals surface area contributed by atoms with E-state index in [1.165, 1.54) is 22.8 Å². The maximum absolute atomic E-state index is 13.8. The number of halogens is 3. The Labute approximate surface area is 242 Å². The fourth-order valence-corrected chi connectivity index (χ4v) is 7.14. The molecule has 3 aromatic rings. The van der Waals surface area contributed by atoms with Crippen molar-refractivity contribution in [1.29, 1.82) is 0 Å². The lowest BCUT2D eigenvalue weighted by Crippen LogP contribution is -2.40. The van der Waals surface area contributed by atoms with Gasteiger partial charge in [-0.2, -0.15) is 0 Å². The van der Waals surface area contributed by atoms with Gasteiger partial charge in [-0.3, -0.25) is 14.2 Å². The Bertz CT molecular complexity index is 1610. The van der Waals surface area contributed by atoms with Gasteiger partial charge in [0.1, 0.15) is 6.04 Å². The number of carbonyl (C=O) groups excluding carboxylic acids is 2. The fourth-order valence-electron chi connectivity index (χ4n) is 3.86. The maximum Gasteiger partial charge on any atom is 0.338 e. The van der Waals surface area contributed by atoms with Gasteiger partial charge in [0.05, 0.1) is 26.0 Å². The first kappa shape index (κ1) is 27.0. The third kappa shape index (κ3) is 5.31. The summed E-state index contributed by atoms with van der Waals surface area (Å²) in [5.74, 6) is -0.638. The number of hydrogen-bond acceptors (Lipinski definition) is 7. The predicted molar refractivity (Wildman–Crippen MR) is 155 cm³/mol. The van der Waals surface area contributed by atoms with Gasteiger partial charge >= 0.3 is 11.9 Å². The van der Waals surface area contributed by atoms with E-state index in [-0.39, 0.29) is 17.7 Å². The largest absolute Gasteiger partial charge is 0.463 e.